The average Bonchev–Trinajstić information content (AvgIpc) is 2.93. The Bertz CT molecular complexity index is 308. The zero-order valence-corrected chi connectivity index (χ0v) is 9.54. The van der Waals surface area contributed by atoms with Crippen molar-refractivity contribution in [2.24, 2.45) is 0 Å². The van der Waals surface area contributed by atoms with Gasteiger partial charge in [-0.3, -0.25) is 9.59 Å². The molecule has 84 valence electrons. The lowest BCUT2D eigenvalue weighted by Crippen LogP contribution is -2.68. The number of carbonyl (C=O) groups is 2. The summed E-state index contributed by atoms with van der Waals surface area (Å²) in [5, 5.41) is 2.79. The van der Waals surface area contributed by atoms with Gasteiger partial charge in [0.1, 0.15) is 11.6 Å². The van der Waals surface area contributed by atoms with Crippen LogP contribution in [0.25, 0.3) is 0 Å². The van der Waals surface area contributed by atoms with Gasteiger partial charge < -0.3 is 10.2 Å². The minimum atomic E-state index is -0.731. The largest absolute Gasteiger partial charge is 0.340 e. The molecule has 2 fully saturated rings. The van der Waals surface area contributed by atoms with Crippen LogP contribution in [0.4, 0.5) is 0 Å². The van der Waals surface area contributed by atoms with E-state index in [0.29, 0.717) is 12.5 Å². The first-order valence-corrected chi connectivity index (χ1v) is 5.62. The molecule has 1 N–H and O–H groups in total. The predicted octanol–water partition coefficient (Wildman–Crippen LogP) is 0.664. The van der Waals surface area contributed by atoms with Gasteiger partial charge in [-0.1, -0.05) is 6.92 Å². The highest BCUT2D eigenvalue weighted by Gasteiger charge is 2.49. The van der Waals surface area contributed by atoms with E-state index in [1.165, 1.54) is 0 Å². The number of amides is 2. The van der Waals surface area contributed by atoms with Crippen LogP contribution >= 0.6 is 0 Å². The number of hydrogen-bond acceptors (Lipinski definition) is 2. The maximum Gasteiger partial charge on any atom is 0.248 e. The van der Waals surface area contributed by atoms with Crippen molar-refractivity contribution < 1.29 is 9.59 Å². The van der Waals surface area contributed by atoms with E-state index in [1.807, 2.05) is 6.92 Å². The van der Waals surface area contributed by atoms with E-state index in [2.05, 4.69) is 5.32 Å². The lowest BCUT2D eigenvalue weighted by molar-refractivity contribution is -0.154. The Morgan fingerprint density at radius 3 is 2.47 bits per heavy atom. The SMILES string of the molecule is CCC1C(=O)NC(C)(C)C(=O)N1C1CC1. The Hall–Kier alpha value is -1.06. The minimum absolute atomic E-state index is 0.00556. The average molecular weight is 210 g/mol. The smallest absolute Gasteiger partial charge is 0.248 e. The van der Waals surface area contributed by atoms with Crippen LogP contribution in [0.15, 0.2) is 0 Å². The van der Waals surface area contributed by atoms with E-state index in [9.17, 15) is 9.59 Å². The zero-order valence-electron chi connectivity index (χ0n) is 9.54. The molecule has 0 aromatic carbocycles. The second kappa shape index (κ2) is 3.22. The molecule has 2 rings (SSSR count). The summed E-state index contributed by atoms with van der Waals surface area (Å²) in [6.07, 6.45) is 2.79. The maximum absolute atomic E-state index is 12.2. The van der Waals surface area contributed by atoms with Gasteiger partial charge in [0.2, 0.25) is 11.8 Å². The van der Waals surface area contributed by atoms with Gasteiger partial charge in [0, 0.05) is 6.04 Å². The Kier molecular flexibility index (Phi) is 2.24. The quantitative estimate of drug-likeness (QED) is 0.728. The first-order valence-electron chi connectivity index (χ1n) is 5.62. The predicted molar refractivity (Wildman–Crippen MR) is 56.2 cm³/mol. The van der Waals surface area contributed by atoms with Crippen LogP contribution in [0, 0.1) is 0 Å². The van der Waals surface area contributed by atoms with Gasteiger partial charge in [-0.15, -0.1) is 0 Å². The number of carbonyl (C=O) groups excluding carboxylic acids is 2. The molecule has 0 aromatic rings. The molecule has 1 heterocycles. The molecule has 1 atom stereocenters. The first kappa shape index (κ1) is 10.5. The Morgan fingerprint density at radius 2 is 2.00 bits per heavy atom. The van der Waals surface area contributed by atoms with Crippen LogP contribution in [0.2, 0.25) is 0 Å². The highest BCUT2D eigenvalue weighted by atomic mass is 16.2. The summed E-state index contributed by atoms with van der Waals surface area (Å²) in [5.41, 5.74) is -0.731. The van der Waals surface area contributed by atoms with Gasteiger partial charge >= 0.3 is 0 Å². The van der Waals surface area contributed by atoms with Gasteiger partial charge in [-0.25, -0.2) is 0 Å². The lowest BCUT2D eigenvalue weighted by atomic mass is 9.95. The van der Waals surface area contributed by atoms with E-state index >= 15 is 0 Å². The summed E-state index contributed by atoms with van der Waals surface area (Å²) < 4.78 is 0. The highest BCUT2D eigenvalue weighted by molar-refractivity contribution is 5.99. The van der Waals surface area contributed by atoms with Crippen molar-refractivity contribution in [3.05, 3.63) is 0 Å². The lowest BCUT2D eigenvalue weighted by Gasteiger charge is -2.42. The topological polar surface area (TPSA) is 49.4 Å². The molecular weight excluding hydrogens is 192 g/mol. The van der Waals surface area contributed by atoms with Crippen molar-refractivity contribution in [3.8, 4) is 0 Å². The molecule has 0 aromatic heterocycles. The van der Waals surface area contributed by atoms with Gasteiger partial charge in [0.25, 0.3) is 0 Å². The third-order valence-electron chi connectivity index (χ3n) is 3.17. The summed E-state index contributed by atoms with van der Waals surface area (Å²) in [7, 11) is 0. The van der Waals surface area contributed by atoms with E-state index in [0.717, 1.165) is 12.8 Å². The molecule has 0 bridgehead atoms. The van der Waals surface area contributed by atoms with Crippen molar-refractivity contribution in [2.45, 2.75) is 57.7 Å². The van der Waals surface area contributed by atoms with Crippen molar-refractivity contribution in [3.63, 3.8) is 0 Å². The van der Waals surface area contributed by atoms with E-state index in [1.54, 1.807) is 18.7 Å². The van der Waals surface area contributed by atoms with Crippen molar-refractivity contribution in [1.29, 1.82) is 0 Å². The molecule has 0 spiro atoms. The van der Waals surface area contributed by atoms with Crippen molar-refractivity contribution >= 4 is 11.8 Å². The fourth-order valence-electron chi connectivity index (χ4n) is 2.19. The highest BCUT2D eigenvalue weighted by Crippen LogP contribution is 2.33. The fraction of sp³-hybridized carbons (Fsp3) is 0.818. The fourth-order valence-corrected chi connectivity index (χ4v) is 2.19. The van der Waals surface area contributed by atoms with Gasteiger partial charge in [-0.2, -0.15) is 0 Å². The molecule has 0 radical (unpaired) electrons. The molecule has 4 heteroatoms. The zero-order chi connectivity index (χ0) is 11.2. The Morgan fingerprint density at radius 1 is 1.40 bits per heavy atom. The van der Waals surface area contributed by atoms with Crippen LogP contribution in [0.3, 0.4) is 0 Å². The summed E-state index contributed by atoms with van der Waals surface area (Å²) >= 11 is 0. The van der Waals surface area contributed by atoms with Crippen molar-refractivity contribution in [2.75, 3.05) is 0 Å². The third-order valence-corrected chi connectivity index (χ3v) is 3.17. The molecular formula is C11H18N2O2. The maximum atomic E-state index is 12.2. The number of nitrogens with one attached hydrogen (secondary N) is 1. The minimum Gasteiger partial charge on any atom is -0.340 e. The van der Waals surface area contributed by atoms with Crippen LogP contribution in [0.1, 0.15) is 40.0 Å². The van der Waals surface area contributed by atoms with E-state index < -0.39 is 5.54 Å². The van der Waals surface area contributed by atoms with E-state index in [4.69, 9.17) is 0 Å². The number of piperazine rings is 1. The van der Waals surface area contributed by atoms with Crippen LogP contribution in [-0.2, 0) is 9.59 Å². The molecule has 4 nitrogen and oxygen atoms in total. The van der Waals surface area contributed by atoms with Crippen LogP contribution in [0.5, 0.6) is 0 Å². The molecule has 1 unspecified atom stereocenters. The third kappa shape index (κ3) is 1.62. The molecule has 1 aliphatic heterocycles. The molecule has 2 aliphatic rings. The number of hydrogen-bond donors (Lipinski definition) is 1. The second-order valence-corrected chi connectivity index (χ2v) is 4.98. The normalized spacial score (nSPS) is 30.3. The second-order valence-electron chi connectivity index (χ2n) is 4.98. The Balaban J connectivity index is 2.28. The van der Waals surface area contributed by atoms with Crippen molar-refractivity contribution in [1.82, 2.24) is 10.2 Å². The first-order chi connectivity index (χ1) is 6.97. The van der Waals surface area contributed by atoms with Crippen LogP contribution in [-0.4, -0.2) is 34.3 Å². The summed E-state index contributed by atoms with van der Waals surface area (Å²) in [6, 6.07) is 0.0609. The summed E-state index contributed by atoms with van der Waals surface area (Å²) in [5.74, 6) is 0.0606. The van der Waals surface area contributed by atoms with Gasteiger partial charge in [-0.05, 0) is 33.1 Å². The van der Waals surface area contributed by atoms with Crippen LogP contribution < -0.4 is 5.32 Å². The van der Waals surface area contributed by atoms with Gasteiger partial charge in [0.05, 0.1) is 0 Å². The summed E-state index contributed by atoms with van der Waals surface area (Å²) in [4.78, 5) is 25.8. The molecule has 1 saturated heterocycles. The van der Waals surface area contributed by atoms with Gasteiger partial charge in [0.15, 0.2) is 0 Å². The number of nitrogens with zero attached hydrogens (tertiary/aromatic N) is 1. The monoisotopic (exact) mass is 210 g/mol. The Labute approximate surface area is 90.0 Å². The summed E-state index contributed by atoms with van der Waals surface area (Å²) in [6.45, 7) is 5.49. The molecule has 2 amide bonds. The molecule has 1 aliphatic carbocycles. The molecule has 15 heavy (non-hydrogen) atoms. The standard InChI is InChI=1S/C11H18N2O2/c1-4-8-9(14)12-11(2,3)10(15)13(8)7-5-6-7/h7-8H,4-6H2,1-3H3,(H,12,14). The molecule has 1 saturated carbocycles. The number of rotatable bonds is 2. The van der Waals surface area contributed by atoms with E-state index in [-0.39, 0.29) is 17.9 Å².